The molecule has 4 N–H and O–H groups in total. The van der Waals surface area contributed by atoms with E-state index in [1.165, 1.54) is 0 Å². The molecule has 0 saturated carbocycles. The standard InChI is InChI=1S/C12H13N3O/c13-11-4-3-10(6-12(11)14)16-8-9-2-1-5-15-7-9/h1-7H,8,13-14H2. The molecule has 2 aromatic rings. The van der Waals surface area contributed by atoms with Crippen molar-refractivity contribution in [1.29, 1.82) is 0 Å². The van der Waals surface area contributed by atoms with Gasteiger partial charge in [0.1, 0.15) is 12.4 Å². The summed E-state index contributed by atoms with van der Waals surface area (Å²) in [7, 11) is 0. The van der Waals surface area contributed by atoms with Gasteiger partial charge in [-0.1, -0.05) is 6.07 Å². The third kappa shape index (κ3) is 2.42. The van der Waals surface area contributed by atoms with Gasteiger partial charge in [0, 0.05) is 24.0 Å². The van der Waals surface area contributed by atoms with Crippen LogP contribution in [0.15, 0.2) is 42.7 Å². The van der Waals surface area contributed by atoms with Crippen LogP contribution in [0.2, 0.25) is 0 Å². The molecule has 0 aliphatic rings. The number of hydrogen-bond acceptors (Lipinski definition) is 4. The van der Waals surface area contributed by atoms with Crippen molar-refractivity contribution in [2.75, 3.05) is 11.5 Å². The van der Waals surface area contributed by atoms with Crippen LogP contribution in [0.25, 0.3) is 0 Å². The molecule has 16 heavy (non-hydrogen) atoms. The van der Waals surface area contributed by atoms with Crippen LogP contribution < -0.4 is 16.2 Å². The lowest BCUT2D eigenvalue weighted by molar-refractivity contribution is 0.306. The number of pyridine rings is 1. The van der Waals surface area contributed by atoms with Crippen molar-refractivity contribution in [3.63, 3.8) is 0 Å². The molecule has 0 atom stereocenters. The third-order valence-electron chi connectivity index (χ3n) is 2.19. The van der Waals surface area contributed by atoms with Crippen LogP contribution in [0.5, 0.6) is 5.75 Å². The van der Waals surface area contributed by atoms with E-state index in [0.717, 1.165) is 5.56 Å². The van der Waals surface area contributed by atoms with Gasteiger partial charge in [-0.3, -0.25) is 4.98 Å². The molecule has 1 aromatic heterocycles. The summed E-state index contributed by atoms with van der Waals surface area (Å²) in [5, 5.41) is 0. The van der Waals surface area contributed by atoms with Gasteiger partial charge in [0.2, 0.25) is 0 Å². The van der Waals surface area contributed by atoms with Crippen molar-refractivity contribution in [1.82, 2.24) is 4.98 Å². The van der Waals surface area contributed by atoms with Gasteiger partial charge in [-0.25, -0.2) is 0 Å². The minimum Gasteiger partial charge on any atom is -0.489 e. The Hall–Kier alpha value is -2.23. The quantitative estimate of drug-likeness (QED) is 0.766. The monoisotopic (exact) mass is 215 g/mol. The highest BCUT2D eigenvalue weighted by Gasteiger charge is 1.99. The Morgan fingerprint density at radius 2 is 2.00 bits per heavy atom. The molecular weight excluding hydrogens is 202 g/mol. The lowest BCUT2D eigenvalue weighted by Gasteiger charge is -2.07. The molecule has 0 spiro atoms. The first kappa shape index (κ1) is 10.3. The number of anilines is 2. The zero-order valence-electron chi connectivity index (χ0n) is 8.76. The Labute approximate surface area is 93.9 Å². The Balaban J connectivity index is 2.03. The van der Waals surface area contributed by atoms with Gasteiger partial charge in [-0.15, -0.1) is 0 Å². The summed E-state index contributed by atoms with van der Waals surface area (Å²) in [4.78, 5) is 4.00. The zero-order chi connectivity index (χ0) is 11.4. The number of aromatic nitrogens is 1. The van der Waals surface area contributed by atoms with Crippen LogP contribution in [0.1, 0.15) is 5.56 Å². The van der Waals surface area contributed by atoms with E-state index >= 15 is 0 Å². The largest absolute Gasteiger partial charge is 0.489 e. The van der Waals surface area contributed by atoms with Gasteiger partial charge in [-0.2, -0.15) is 0 Å². The summed E-state index contributed by atoms with van der Waals surface area (Å²) in [6.45, 7) is 0.469. The third-order valence-corrected chi connectivity index (χ3v) is 2.19. The van der Waals surface area contributed by atoms with Crippen LogP contribution in [0, 0.1) is 0 Å². The predicted octanol–water partition coefficient (Wildman–Crippen LogP) is 1.82. The Morgan fingerprint density at radius 3 is 2.69 bits per heavy atom. The van der Waals surface area contributed by atoms with Crippen molar-refractivity contribution in [2.24, 2.45) is 0 Å². The van der Waals surface area contributed by atoms with Crippen molar-refractivity contribution in [3.05, 3.63) is 48.3 Å². The first-order chi connectivity index (χ1) is 7.75. The maximum Gasteiger partial charge on any atom is 0.122 e. The summed E-state index contributed by atoms with van der Waals surface area (Å²) in [5.41, 5.74) is 13.4. The summed E-state index contributed by atoms with van der Waals surface area (Å²) < 4.78 is 5.55. The molecular formula is C12H13N3O. The Bertz CT molecular complexity index is 471. The normalized spacial score (nSPS) is 10.0. The molecule has 0 bridgehead atoms. The van der Waals surface area contributed by atoms with Gasteiger partial charge in [-0.05, 0) is 18.2 Å². The van der Waals surface area contributed by atoms with E-state index < -0.39 is 0 Å². The first-order valence-corrected chi connectivity index (χ1v) is 4.92. The molecule has 2 rings (SSSR count). The molecule has 0 aliphatic carbocycles. The molecule has 1 aromatic carbocycles. The number of nitrogens with two attached hydrogens (primary N) is 2. The van der Waals surface area contributed by atoms with E-state index in [-0.39, 0.29) is 0 Å². The second-order valence-electron chi connectivity index (χ2n) is 3.44. The van der Waals surface area contributed by atoms with Crippen molar-refractivity contribution >= 4 is 11.4 Å². The highest BCUT2D eigenvalue weighted by atomic mass is 16.5. The zero-order valence-corrected chi connectivity index (χ0v) is 8.76. The molecule has 0 radical (unpaired) electrons. The summed E-state index contributed by atoms with van der Waals surface area (Å²) in [5.74, 6) is 0.704. The van der Waals surface area contributed by atoms with Crippen LogP contribution in [-0.2, 0) is 6.61 Å². The molecule has 0 fully saturated rings. The minimum atomic E-state index is 0.469. The average molecular weight is 215 g/mol. The number of ether oxygens (including phenoxy) is 1. The van der Waals surface area contributed by atoms with Crippen molar-refractivity contribution in [2.45, 2.75) is 6.61 Å². The topological polar surface area (TPSA) is 74.2 Å². The van der Waals surface area contributed by atoms with Gasteiger partial charge in [0.05, 0.1) is 11.4 Å². The van der Waals surface area contributed by atoms with E-state index in [1.807, 2.05) is 12.1 Å². The molecule has 4 nitrogen and oxygen atoms in total. The van der Waals surface area contributed by atoms with E-state index in [9.17, 15) is 0 Å². The molecule has 82 valence electrons. The number of hydrogen-bond donors (Lipinski definition) is 2. The molecule has 0 saturated heterocycles. The molecule has 0 aliphatic heterocycles. The maximum absolute atomic E-state index is 5.67. The smallest absolute Gasteiger partial charge is 0.122 e. The number of nitrogen functional groups attached to an aromatic ring is 2. The first-order valence-electron chi connectivity index (χ1n) is 4.92. The van der Waals surface area contributed by atoms with E-state index in [2.05, 4.69) is 4.98 Å². The SMILES string of the molecule is Nc1ccc(OCc2cccnc2)cc1N. The maximum atomic E-state index is 5.67. The van der Waals surface area contributed by atoms with Crippen molar-refractivity contribution < 1.29 is 4.74 Å². The highest BCUT2D eigenvalue weighted by Crippen LogP contribution is 2.22. The number of rotatable bonds is 3. The van der Waals surface area contributed by atoms with Crippen LogP contribution in [0.4, 0.5) is 11.4 Å². The average Bonchev–Trinajstić information content (AvgIpc) is 2.32. The Kier molecular flexibility index (Phi) is 2.91. The fourth-order valence-corrected chi connectivity index (χ4v) is 1.29. The summed E-state index contributed by atoms with van der Waals surface area (Å²) in [6, 6.07) is 9.06. The molecule has 4 heteroatoms. The number of benzene rings is 1. The van der Waals surface area contributed by atoms with Gasteiger partial charge in [0.15, 0.2) is 0 Å². The second-order valence-corrected chi connectivity index (χ2v) is 3.44. The molecule has 0 unspecified atom stereocenters. The highest BCUT2D eigenvalue weighted by molar-refractivity contribution is 5.65. The van der Waals surface area contributed by atoms with Gasteiger partial charge >= 0.3 is 0 Å². The van der Waals surface area contributed by atoms with Gasteiger partial charge < -0.3 is 16.2 Å². The predicted molar refractivity (Wildman–Crippen MR) is 63.8 cm³/mol. The Morgan fingerprint density at radius 1 is 1.12 bits per heavy atom. The minimum absolute atomic E-state index is 0.469. The van der Waals surface area contributed by atoms with Crippen LogP contribution in [-0.4, -0.2) is 4.98 Å². The lowest BCUT2D eigenvalue weighted by Crippen LogP contribution is -1.98. The number of nitrogens with zero attached hydrogens (tertiary/aromatic N) is 1. The van der Waals surface area contributed by atoms with Crippen LogP contribution in [0.3, 0.4) is 0 Å². The second kappa shape index (κ2) is 4.53. The molecule has 0 amide bonds. The fraction of sp³-hybridized carbons (Fsp3) is 0.0833. The fourth-order valence-electron chi connectivity index (χ4n) is 1.29. The lowest BCUT2D eigenvalue weighted by atomic mass is 10.2. The summed E-state index contributed by atoms with van der Waals surface area (Å²) >= 11 is 0. The van der Waals surface area contributed by atoms with Crippen LogP contribution >= 0.6 is 0 Å². The van der Waals surface area contributed by atoms with Gasteiger partial charge in [0.25, 0.3) is 0 Å². The van der Waals surface area contributed by atoms with Crippen molar-refractivity contribution in [3.8, 4) is 5.75 Å². The van der Waals surface area contributed by atoms with E-state index in [1.54, 1.807) is 30.6 Å². The van der Waals surface area contributed by atoms with E-state index in [0.29, 0.717) is 23.7 Å². The summed E-state index contributed by atoms with van der Waals surface area (Å²) in [6.07, 6.45) is 3.49. The molecule has 1 heterocycles. The van der Waals surface area contributed by atoms with E-state index in [4.69, 9.17) is 16.2 Å².